The zero-order valence-electron chi connectivity index (χ0n) is 9.80. The van der Waals surface area contributed by atoms with E-state index in [1.807, 2.05) is 12.3 Å². The maximum atomic E-state index is 11.8. The van der Waals surface area contributed by atoms with Gasteiger partial charge in [0.05, 0.1) is 16.8 Å². The molecule has 0 aliphatic carbocycles. The molecule has 2 rings (SSSR count). The lowest BCUT2D eigenvalue weighted by atomic mass is 10.1. The number of hydrogen-bond acceptors (Lipinski definition) is 4. The predicted octanol–water partition coefficient (Wildman–Crippen LogP) is 1.45. The maximum Gasteiger partial charge on any atom is 0.246 e. The molecule has 1 aliphatic heterocycles. The maximum absolute atomic E-state index is 11.8. The van der Waals surface area contributed by atoms with Crippen LogP contribution in [-0.4, -0.2) is 40.1 Å². The topological polar surface area (TPSA) is 53.4 Å². The van der Waals surface area contributed by atoms with Gasteiger partial charge in [-0.3, -0.25) is 4.79 Å². The van der Waals surface area contributed by atoms with Gasteiger partial charge in [0.1, 0.15) is 0 Å². The normalized spacial score (nSPS) is 21.1. The largest absolute Gasteiger partial charge is 0.391 e. The number of aliphatic hydroxyl groups is 1. The average molecular weight is 252 g/mol. The Morgan fingerprint density at radius 1 is 1.71 bits per heavy atom. The van der Waals surface area contributed by atoms with Gasteiger partial charge < -0.3 is 10.0 Å². The molecule has 1 unspecified atom stereocenters. The molecule has 1 aromatic heterocycles. The lowest BCUT2D eigenvalue weighted by Gasteiger charge is -2.29. The summed E-state index contributed by atoms with van der Waals surface area (Å²) < 4.78 is 0. The van der Waals surface area contributed by atoms with E-state index >= 15 is 0 Å². The Bertz CT molecular complexity index is 428. The second-order valence-electron chi connectivity index (χ2n) is 4.21. The number of aryl methyl sites for hydroxylation is 1. The molecule has 1 amide bonds. The number of hydrogen-bond donors (Lipinski definition) is 1. The quantitative estimate of drug-likeness (QED) is 0.810. The first-order chi connectivity index (χ1) is 8.15. The van der Waals surface area contributed by atoms with Crippen molar-refractivity contribution in [3.05, 3.63) is 22.2 Å². The molecule has 1 N–H and O–H groups in total. The van der Waals surface area contributed by atoms with Crippen LogP contribution in [-0.2, 0) is 4.79 Å². The fourth-order valence-electron chi connectivity index (χ4n) is 1.87. The van der Waals surface area contributed by atoms with Crippen molar-refractivity contribution in [3.63, 3.8) is 0 Å². The highest BCUT2D eigenvalue weighted by molar-refractivity contribution is 7.09. The minimum absolute atomic E-state index is 0.0468. The van der Waals surface area contributed by atoms with Gasteiger partial charge in [0.2, 0.25) is 5.91 Å². The van der Waals surface area contributed by atoms with E-state index in [-0.39, 0.29) is 12.0 Å². The van der Waals surface area contributed by atoms with E-state index in [1.165, 1.54) is 6.08 Å². The second kappa shape index (κ2) is 5.42. The Morgan fingerprint density at radius 2 is 2.53 bits per heavy atom. The first kappa shape index (κ1) is 12.3. The summed E-state index contributed by atoms with van der Waals surface area (Å²) >= 11 is 1.56. The van der Waals surface area contributed by atoms with Crippen molar-refractivity contribution in [3.8, 4) is 0 Å². The second-order valence-corrected chi connectivity index (χ2v) is 5.27. The number of piperidine rings is 1. The number of carbonyl (C=O) groups excluding carboxylic acids is 1. The summed E-state index contributed by atoms with van der Waals surface area (Å²) in [5, 5.41) is 12.4. The number of likely N-dealkylation sites (tertiary alicyclic amines) is 1. The van der Waals surface area contributed by atoms with Crippen LogP contribution in [0.25, 0.3) is 6.08 Å². The summed E-state index contributed by atoms with van der Waals surface area (Å²) in [6.45, 7) is 3.11. The highest BCUT2D eigenvalue weighted by Crippen LogP contribution is 2.12. The fraction of sp³-hybridized carbons (Fsp3) is 0.500. The Kier molecular flexibility index (Phi) is 3.91. The first-order valence-electron chi connectivity index (χ1n) is 5.72. The number of carbonyl (C=O) groups is 1. The van der Waals surface area contributed by atoms with Gasteiger partial charge in [0.15, 0.2) is 0 Å². The lowest BCUT2D eigenvalue weighted by molar-refractivity contribution is -0.128. The van der Waals surface area contributed by atoms with Gasteiger partial charge in [-0.1, -0.05) is 0 Å². The number of aliphatic hydroxyl groups excluding tert-OH is 1. The predicted molar refractivity (Wildman–Crippen MR) is 67.7 cm³/mol. The van der Waals surface area contributed by atoms with Gasteiger partial charge in [0, 0.05) is 24.5 Å². The zero-order valence-corrected chi connectivity index (χ0v) is 10.6. The molecule has 1 saturated heterocycles. The van der Waals surface area contributed by atoms with Crippen LogP contribution in [0.5, 0.6) is 0 Å². The van der Waals surface area contributed by atoms with Gasteiger partial charge in [-0.25, -0.2) is 4.98 Å². The number of thiazole rings is 1. The van der Waals surface area contributed by atoms with Gasteiger partial charge in [-0.2, -0.15) is 0 Å². The van der Waals surface area contributed by atoms with Crippen LogP contribution < -0.4 is 0 Å². The van der Waals surface area contributed by atoms with E-state index in [0.717, 1.165) is 30.1 Å². The van der Waals surface area contributed by atoms with Crippen molar-refractivity contribution in [1.82, 2.24) is 9.88 Å². The van der Waals surface area contributed by atoms with Crippen molar-refractivity contribution in [2.24, 2.45) is 0 Å². The summed E-state index contributed by atoms with van der Waals surface area (Å²) in [7, 11) is 0. The van der Waals surface area contributed by atoms with Crippen LogP contribution in [0.3, 0.4) is 0 Å². The monoisotopic (exact) mass is 252 g/mol. The third-order valence-corrected chi connectivity index (χ3v) is 3.53. The molecule has 4 nitrogen and oxygen atoms in total. The van der Waals surface area contributed by atoms with Crippen molar-refractivity contribution in [1.29, 1.82) is 0 Å². The van der Waals surface area contributed by atoms with Crippen molar-refractivity contribution < 1.29 is 9.90 Å². The summed E-state index contributed by atoms with van der Waals surface area (Å²) in [6, 6.07) is 0. The van der Waals surface area contributed by atoms with Crippen LogP contribution >= 0.6 is 11.3 Å². The standard InChI is InChI=1S/C12H16N2O2S/c1-9-13-10(8-17-9)4-5-12(16)14-6-2-3-11(15)7-14/h4-5,8,11,15H,2-3,6-7H2,1H3/b5-4+. The molecule has 1 atom stereocenters. The minimum Gasteiger partial charge on any atom is -0.391 e. The van der Waals surface area contributed by atoms with Crippen molar-refractivity contribution >= 4 is 23.3 Å². The van der Waals surface area contributed by atoms with Crippen LogP contribution in [0.4, 0.5) is 0 Å². The molecule has 0 bridgehead atoms. The molecule has 17 heavy (non-hydrogen) atoms. The third kappa shape index (κ3) is 3.38. The first-order valence-corrected chi connectivity index (χ1v) is 6.60. The summed E-state index contributed by atoms with van der Waals surface area (Å²) in [4.78, 5) is 17.8. The number of amides is 1. The van der Waals surface area contributed by atoms with Gasteiger partial charge in [-0.15, -0.1) is 11.3 Å². The summed E-state index contributed by atoms with van der Waals surface area (Å²) in [5.74, 6) is -0.0468. The van der Waals surface area contributed by atoms with E-state index in [1.54, 1.807) is 22.3 Å². The Labute approximate surface area is 105 Å². The number of aromatic nitrogens is 1. The fourth-order valence-corrected chi connectivity index (χ4v) is 2.45. The molecule has 0 radical (unpaired) electrons. The molecule has 5 heteroatoms. The Balaban J connectivity index is 1.94. The summed E-state index contributed by atoms with van der Waals surface area (Å²) in [5.41, 5.74) is 0.818. The lowest BCUT2D eigenvalue weighted by Crippen LogP contribution is -2.41. The van der Waals surface area contributed by atoms with Crippen LogP contribution in [0.2, 0.25) is 0 Å². The van der Waals surface area contributed by atoms with Gasteiger partial charge >= 0.3 is 0 Å². The molecule has 0 aromatic carbocycles. The van der Waals surface area contributed by atoms with E-state index in [9.17, 15) is 9.90 Å². The highest BCUT2D eigenvalue weighted by Gasteiger charge is 2.20. The third-order valence-electron chi connectivity index (χ3n) is 2.74. The van der Waals surface area contributed by atoms with Crippen molar-refractivity contribution in [2.75, 3.05) is 13.1 Å². The van der Waals surface area contributed by atoms with Crippen LogP contribution in [0, 0.1) is 6.92 Å². The number of nitrogens with zero attached hydrogens (tertiary/aromatic N) is 2. The molecule has 1 aliphatic rings. The SMILES string of the molecule is Cc1nc(/C=C/C(=O)N2CCCC(O)C2)cs1. The molecule has 1 aromatic rings. The smallest absolute Gasteiger partial charge is 0.246 e. The van der Waals surface area contributed by atoms with Gasteiger partial charge in [-0.05, 0) is 25.8 Å². The van der Waals surface area contributed by atoms with E-state index in [2.05, 4.69) is 4.98 Å². The molecule has 0 spiro atoms. The molecular formula is C12H16N2O2S. The van der Waals surface area contributed by atoms with E-state index in [0.29, 0.717) is 6.54 Å². The Hall–Kier alpha value is -1.20. The molecule has 92 valence electrons. The average Bonchev–Trinajstić information content (AvgIpc) is 2.72. The zero-order chi connectivity index (χ0) is 12.3. The Morgan fingerprint density at radius 3 is 3.18 bits per heavy atom. The number of rotatable bonds is 2. The van der Waals surface area contributed by atoms with E-state index in [4.69, 9.17) is 0 Å². The summed E-state index contributed by atoms with van der Waals surface area (Å²) in [6.07, 6.45) is 4.55. The minimum atomic E-state index is -0.373. The molecule has 2 heterocycles. The van der Waals surface area contributed by atoms with E-state index < -0.39 is 0 Å². The van der Waals surface area contributed by atoms with Crippen molar-refractivity contribution in [2.45, 2.75) is 25.9 Å². The number of β-amino-alcohol motifs (C(OH)–C–C–N with tert-alkyl or cyclic N) is 1. The molecular weight excluding hydrogens is 236 g/mol. The van der Waals surface area contributed by atoms with Crippen LogP contribution in [0.15, 0.2) is 11.5 Å². The van der Waals surface area contributed by atoms with Crippen LogP contribution in [0.1, 0.15) is 23.5 Å². The van der Waals surface area contributed by atoms with Gasteiger partial charge in [0.25, 0.3) is 0 Å². The molecule has 1 fully saturated rings. The highest BCUT2D eigenvalue weighted by atomic mass is 32.1. The molecule has 0 saturated carbocycles.